The lowest BCUT2D eigenvalue weighted by atomic mass is 9.55. The van der Waals surface area contributed by atoms with Gasteiger partial charge < -0.3 is 0 Å². The highest BCUT2D eigenvalue weighted by atomic mass is 35.5. The lowest BCUT2D eigenvalue weighted by Gasteiger charge is -2.46. The van der Waals surface area contributed by atoms with E-state index in [0.29, 0.717) is 0 Å². The molecule has 2 aliphatic rings. The van der Waals surface area contributed by atoms with Crippen molar-refractivity contribution in [3.05, 3.63) is 166 Å². The van der Waals surface area contributed by atoms with Crippen LogP contribution in [-0.2, 0) is 10.8 Å². The van der Waals surface area contributed by atoms with Crippen LogP contribution in [0.2, 0.25) is 5.02 Å². The Morgan fingerprint density at radius 1 is 0.500 bits per heavy atom. The molecule has 200 valence electrons. The van der Waals surface area contributed by atoms with Gasteiger partial charge >= 0.3 is 0 Å². The van der Waals surface area contributed by atoms with Crippen LogP contribution in [0.5, 0.6) is 0 Å². The molecule has 0 amide bonds. The van der Waals surface area contributed by atoms with Gasteiger partial charge in [0.05, 0.1) is 5.41 Å². The van der Waals surface area contributed by atoms with Gasteiger partial charge in [0.1, 0.15) is 0 Å². The minimum Gasteiger partial charge on any atom is -0.135 e. The van der Waals surface area contributed by atoms with Gasteiger partial charge in [-0.25, -0.2) is 0 Å². The summed E-state index contributed by atoms with van der Waals surface area (Å²) in [5.41, 5.74) is 13.0. The summed E-state index contributed by atoms with van der Waals surface area (Å²) in [5.74, 6) is 0. The molecule has 1 aromatic heterocycles. The summed E-state index contributed by atoms with van der Waals surface area (Å²) in [5, 5.41) is 3.27. The molecule has 9 rings (SSSR count). The standard InChI is InChI=1S/C40H27ClS/c1-39(2)31-13-5-7-15-33(31)40(34-16-8-6-14-32(34)39)30-12-4-3-10-27(30)38-26(11-9-17-35(38)40)24-18-20-36-28(22-24)29-23-25(41)19-21-37(29)42-36/h3-23H,1-2H3. The Morgan fingerprint density at radius 2 is 1.05 bits per heavy atom. The third kappa shape index (κ3) is 2.98. The second-order valence-corrected chi connectivity index (χ2v) is 13.7. The number of hydrogen-bond acceptors (Lipinski definition) is 1. The zero-order chi connectivity index (χ0) is 28.2. The molecule has 1 spiro atoms. The minimum absolute atomic E-state index is 0.0972. The van der Waals surface area contributed by atoms with E-state index in [1.54, 1.807) is 0 Å². The Morgan fingerprint density at radius 3 is 1.76 bits per heavy atom. The molecule has 0 nitrogen and oxygen atoms in total. The number of thiophene rings is 1. The van der Waals surface area contributed by atoms with Crippen molar-refractivity contribution in [1.29, 1.82) is 0 Å². The van der Waals surface area contributed by atoms with E-state index >= 15 is 0 Å². The average Bonchev–Trinajstić information content (AvgIpc) is 3.53. The van der Waals surface area contributed by atoms with Crippen LogP contribution in [0, 0.1) is 0 Å². The van der Waals surface area contributed by atoms with E-state index in [1.165, 1.54) is 75.8 Å². The largest absolute Gasteiger partial charge is 0.135 e. The molecule has 42 heavy (non-hydrogen) atoms. The molecule has 0 aliphatic heterocycles. The highest BCUT2D eigenvalue weighted by Crippen LogP contribution is 2.63. The maximum Gasteiger partial charge on any atom is 0.0719 e. The quantitative estimate of drug-likeness (QED) is 0.183. The van der Waals surface area contributed by atoms with E-state index in [0.717, 1.165) is 5.02 Å². The van der Waals surface area contributed by atoms with Gasteiger partial charge in [-0.3, -0.25) is 0 Å². The maximum absolute atomic E-state index is 6.46. The Balaban J connectivity index is 1.40. The fourth-order valence-corrected chi connectivity index (χ4v) is 9.31. The van der Waals surface area contributed by atoms with Gasteiger partial charge in [-0.15, -0.1) is 11.3 Å². The average molecular weight is 575 g/mol. The van der Waals surface area contributed by atoms with Crippen LogP contribution in [0.25, 0.3) is 42.4 Å². The fourth-order valence-electron chi connectivity index (χ4n) is 8.07. The second kappa shape index (κ2) is 8.44. The highest BCUT2D eigenvalue weighted by molar-refractivity contribution is 7.25. The Hall–Kier alpha value is -4.17. The van der Waals surface area contributed by atoms with Gasteiger partial charge in [0.2, 0.25) is 0 Å². The molecule has 0 unspecified atom stereocenters. The van der Waals surface area contributed by atoms with Crippen molar-refractivity contribution in [3.8, 4) is 22.3 Å². The molecule has 6 aromatic carbocycles. The van der Waals surface area contributed by atoms with Gasteiger partial charge in [0, 0.05) is 30.6 Å². The molecule has 0 bridgehead atoms. The Labute approximate surface area is 254 Å². The normalized spacial score (nSPS) is 15.4. The zero-order valence-electron chi connectivity index (χ0n) is 23.4. The lowest BCUT2D eigenvalue weighted by Crippen LogP contribution is -2.40. The highest BCUT2D eigenvalue weighted by Gasteiger charge is 2.53. The van der Waals surface area contributed by atoms with Gasteiger partial charge in [0.15, 0.2) is 0 Å². The molecule has 0 radical (unpaired) electrons. The second-order valence-electron chi connectivity index (χ2n) is 12.2. The SMILES string of the molecule is CC1(C)c2ccccc2C2(c3ccccc3-c3c(-c4ccc5sc6ccc(Cl)cc6c5c4)cccc32)c2ccccc21. The van der Waals surface area contributed by atoms with Gasteiger partial charge in [0.25, 0.3) is 0 Å². The van der Waals surface area contributed by atoms with Crippen molar-refractivity contribution in [2.45, 2.75) is 24.7 Å². The van der Waals surface area contributed by atoms with Crippen LogP contribution in [0.3, 0.4) is 0 Å². The van der Waals surface area contributed by atoms with Crippen LogP contribution in [0.4, 0.5) is 0 Å². The third-order valence-corrected chi connectivity index (χ3v) is 11.2. The molecular formula is C40H27ClS. The molecule has 2 aliphatic carbocycles. The third-order valence-electron chi connectivity index (χ3n) is 9.82. The first kappa shape index (κ1) is 24.4. The van der Waals surface area contributed by atoms with Crippen molar-refractivity contribution in [3.63, 3.8) is 0 Å². The van der Waals surface area contributed by atoms with Crippen LogP contribution in [0.15, 0.2) is 127 Å². The first-order chi connectivity index (χ1) is 20.5. The Kier molecular flexibility index (Phi) is 4.91. The lowest BCUT2D eigenvalue weighted by molar-refractivity contribution is 0.563. The summed E-state index contributed by atoms with van der Waals surface area (Å²) in [7, 11) is 0. The molecular weight excluding hydrogens is 548 g/mol. The summed E-state index contributed by atoms with van der Waals surface area (Å²) in [6, 6.07) is 47.5. The molecule has 0 saturated carbocycles. The summed E-state index contributed by atoms with van der Waals surface area (Å²) >= 11 is 8.29. The van der Waals surface area contributed by atoms with Crippen LogP contribution in [0.1, 0.15) is 47.2 Å². The topological polar surface area (TPSA) is 0 Å². The van der Waals surface area contributed by atoms with Gasteiger partial charge in [-0.1, -0.05) is 123 Å². The summed E-state index contributed by atoms with van der Waals surface area (Å²) < 4.78 is 2.56. The van der Waals surface area contributed by atoms with Gasteiger partial charge in [-0.05, 0) is 86.0 Å². The van der Waals surface area contributed by atoms with Crippen LogP contribution >= 0.6 is 22.9 Å². The first-order valence-corrected chi connectivity index (χ1v) is 15.7. The van der Waals surface area contributed by atoms with E-state index in [4.69, 9.17) is 11.6 Å². The van der Waals surface area contributed by atoms with Crippen molar-refractivity contribution in [1.82, 2.24) is 0 Å². The minimum atomic E-state index is -0.378. The van der Waals surface area contributed by atoms with Crippen molar-refractivity contribution >= 4 is 43.1 Å². The Bertz CT molecular complexity index is 2200. The fraction of sp³-hybridized carbons (Fsp3) is 0.100. The predicted octanol–water partition coefficient (Wildman–Crippen LogP) is 11.4. The summed E-state index contributed by atoms with van der Waals surface area (Å²) in [6.07, 6.45) is 0. The molecule has 0 saturated heterocycles. The van der Waals surface area contributed by atoms with E-state index in [1.807, 2.05) is 17.4 Å². The smallest absolute Gasteiger partial charge is 0.0719 e. The molecule has 0 N–H and O–H groups in total. The first-order valence-electron chi connectivity index (χ1n) is 14.5. The van der Waals surface area contributed by atoms with E-state index < -0.39 is 0 Å². The monoisotopic (exact) mass is 574 g/mol. The van der Waals surface area contributed by atoms with Crippen LogP contribution < -0.4 is 0 Å². The molecule has 0 atom stereocenters. The maximum atomic E-state index is 6.46. The number of hydrogen-bond donors (Lipinski definition) is 0. The van der Waals surface area contributed by atoms with Crippen molar-refractivity contribution in [2.75, 3.05) is 0 Å². The van der Waals surface area contributed by atoms with E-state index in [9.17, 15) is 0 Å². The summed E-state index contributed by atoms with van der Waals surface area (Å²) in [6.45, 7) is 4.75. The zero-order valence-corrected chi connectivity index (χ0v) is 25.0. The van der Waals surface area contributed by atoms with Crippen molar-refractivity contribution in [2.24, 2.45) is 0 Å². The van der Waals surface area contributed by atoms with E-state index in [2.05, 4.69) is 135 Å². The molecule has 7 aromatic rings. The number of rotatable bonds is 1. The molecule has 0 fully saturated rings. The number of halogens is 1. The van der Waals surface area contributed by atoms with Crippen LogP contribution in [-0.4, -0.2) is 0 Å². The number of benzene rings is 6. The van der Waals surface area contributed by atoms with E-state index in [-0.39, 0.29) is 10.8 Å². The number of fused-ring (bicyclic) bond motifs is 12. The van der Waals surface area contributed by atoms with Gasteiger partial charge in [-0.2, -0.15) is 0 Å². The predicted molar refractivity (Wildman–Crippen MR) is 179 cm³/mol. The van der Waals surface area contributed by atoms with Crippen molar-refractivity contribution < 1.29 is 0 Å². The molecule has 1 heterocycles. The molecule has 2 heteroatoms. The summed E-state index contributed by atoms with van der Waals surface area (Å²) in [4.78, 5) is 0.